The molecular formula is C30H34N8. The highest BCUT2D eigenvalue weighted by Gasteiger charge is 2.71. The highest BCUT2D eigenvalue weighted by atomic mass is 15.3. The molecule has 0 bridgehead atoms. The van der Waals surface area contributed by atoms with Crippen molar-refractivity contribution < 1.29 is 0 Å². The summed E-state index contributed by atoms with van der Waals surface area (Å²) in [5.74, 6) is 1.85. The quantitative estimate of drug-likeness (QED) is 0.386. The molecule has 8 heteroatoms. The topological polar surface area (TPSA) is 126 Å². The fourth-order valence-corrected chi connectivity index (χ4v) is 5.85. The van der Waals surface area contributed by atoms with Gasteiger partial charge in [0.25, 0.3) is 0 Å². The van der Waals surface area contributed by atoms with Gasteiger partial charge in [-0.1, -0.05) is 61.9 Å². The van der Waals surface area contributed by atoms with E-state index in [1.807, 2.05) is 54.7 Å². The number of amidine groups is 2. The lowest BCUT2D eigenvalue weighted by Crippen LogP contribution is -2.47. The summed E-state index contributed by atoms with van der Waals surface area (Å²) in [5.41, 5.74) is 16.8. The highest BCUT2D eigenvalue weighted by Crippen LogP contribution is 2.50. The van der Waals surface area contributed by atoms with Crippen LogP contribution in [0.4, 0.5) is 5.69 Å². The summed E-state index contributed by atoms with van der Waals surface area (Å²) < 4.78 is 0. The first kappa shape index (κ1) is 24.3. The third kappa shape index (κ3) is 4.45. The summed E-state index contributed by atoms with van der Waals surface area (Å²) in [6.45, 7) is 2.89. The Kier molecular flexibility index (Phi) is 6.41. The molecule has 3 aromatic rings. The van der Waals surface area contributed by atoms with Gasteiger partial charge in [0.15, 0.2) is 0 Å². The summed E-state index contributed by atoms with van der Waals surface area (Å²) in [5, 5.41) is 7.30. The smallest absolute Gasteiger partial charge is 0.248 e. The van der Waals surface area contributed by atoms with Crippen LogP contribution in [0.3, 0.4) is 0 Å². The number of nitrogens with one attached hydrogen (secondary N) is 2. The van der Waals surface area contributed by atoms with Gasteiger partial charge in [0.1, 0.15) is 17.1 Å². The van der Waals surface area contributed by atoms with Gasteiger partial charge >= 0.3 is 0 Å². The maximum Gasteiger partial charge on any atom is 0.248 e. The van der Waals surface area contributed by atoms with Crippen molar-refractivity contribution in [3.05, 3.63) is 84.6 Å². The Morgan fingerprint density at radius 3 is 2.29 bits per heavy atom. The lowest BCUT2D eigenvalue weighted by molar-refractivity contribution is 0.529. The number of aromatic nitrogens is 1. The van der Waals surface area contributed by atoms with Gasteiger partial charge in [0.2, 0.25) is 5.96 Å². The number of hydrogen-bond donors (Lipinski definition) is 4. The maximum atomic E-state index is 6.67. The molecule has 2 aliphatic carbocycles. The second-order valence-corrected chi connectivity index (χ2v) is 10.5. The summed E-state index contributed by atoms with van der Waals surface area (Å²) in [4.78, 5) is 18.6. The average molecular weight is 507 g/mol. The first-order valence-electron chi connectivity index (χ1n) is 13.4. The number of nitrogens with two attached hydrogens (primary N) is 2. The Bertz CT molecular complexity index is 1340. The molecule has 194 valence electrons. The lowest BCUT2D eigenvalue weighted by atomic mass is 10.0. The number of guanidine groups is 1. The molecule has 4 atom stereocenters. The first-order chi connectivity index (χ1) is 18.6. The molecule has 3 aliphatic rings. The van der Waals surface area contributed by atoms with Crippen LogP contribution in [0.15, 0.2) is 94.0 Å². The number of aliphatic imine (C=N–C) groups is 3. The van der Waals surface area contributed by atoms with Gasteiger partial charge in [-0.3, -0.25) is 4.98 Å². The van der Waals surface area contributed by atoms with Gasteiger partial charge in [-0.25, -0.2) is 4.99 Å². The normalized spacial score (nSPS) is 28.1. The van der Waals surface area contributed by atoms with Gasteiger partial charge < -0.3 is 22.1 Å². The van der Waals surface area contributed by atoms with E-state index in [9.17, 15) is 0 Å². The van der Waals surface area contributed by atoms with Crippen molar-refractivity contribution >= 4 is 23.3 Å². The molecule has 6 N–H and O–H groups in total. The fourth-order valence-electron chi connectivity index (χ4n) is 5.85. The Hall–Kier alpha value is -4.04. The van der Waals surface area contributed by atoms with Crippen LogP contribution in [0.1, 0.15) is 31.7 Å². The molecule has 0 saturated heterocycles. The molecule has 1 aromatic heterocycles. The third-order valence-corrected chi connectivity index (χ3v) is 8.13. The summed E-state index contributed by atoms with van der Waals surface area (Å²) in [6.07, 6.45) is 5.23. The van der Waals surface area contributed by atoms with E-state index in [0.717, 1.165) is 28.9 Å². The summed E-state index contributed by atoms with van der Waals surface area (Å²) >= 11 is 0. The molecule has 2 aromatic carbocycles. The predicted octanol–water partition coefficient (Wildman–Crippen LogP) is 3.96. The highest BCUT2D eigenvalue weighted by molar-refractivity contribution is 6.23. The fraction of sp³-hybridized carbons (Fsp3) is 0.333. The number of hydrogen-bond acceptors (Lipinski definition) is 6. The third-order valence-electron chi connectivity index (χ3n) is 8.13. The van der Waals surface area contributed by atoms with Crippen molar-refractivity contribution in [3.63, 3.8) is 0 Å². The molecular weight excluding hydrogens is 472 g/mol. The molecule has 38 heavy (non-hydrogen) atoms. The molecule has 2 saturated carbocycles. The number of benzene rings is 2. The van der Waals surface area contributed by atoms with Crippen molar-refractivity contribution in [1.29, 1.82) is 0 Å². The van der Waals surface area contributed by atoms with Crippen LogP contribution in [-0.4, -0.2) is 40.7 Å². The number of para-hydroxylation sites is 1. The summed E-state index contributed by atoms with van der Waals surface area (Å²) in [6, 6.07) is 24.5. The molecule has 6 rings (SSSR count). The van der Waals surface area contributed by atoms with E-state index < -0.39 is 5.41 Å². The number of anilines is 1. The Morgan fingerprint density at radius 1 is 0.895 bits per heavy atom. The Morgan fingerprint density at radius 2 is 1.63 bits per heavy atom. The molecule has 0 amide bonds. The van der Waals surface area contributed by atoms with Gasteiger partial charge in [-0.2, -0.15) is 9.98 Å². The largest absolute Gasteiger partial charge is 0.386 e. The minimum atomic E-state index is -0.704. The van der Waals surface area contributed by atoms with Crippen molar-refractivity contribution in [2.75, 3.05) is 5.32 Å². The SMILES string of the molecule is C[C@H]1CCC[C@H]1N=C1N=C(N)C2(C(N)=N1)C(NCc1ccc(-c3ccccn3)cc1)C2Nc1ccccc1. The van der Waals surface area contributed by atoms with E-state index in [4.69, 9.17) is 16.5 Å². The maximum absolute atomic E-state index is 6.67. The van der Waals surface area contributed by atoms with Gasteiger partial charge in [-0.15, -0.1) is 0 Å². The van der Waals surface area contributed by atoms with Crippen LogP contribution in [-0.2, 0) is 6.54 Å². The number of pyridine rings is 1. The zero-order valence-electron chi connectivity index (χ0n) is 21.6. The van der Waals surface area contributed by atoms with Crippen LogP contribution in [0.2, 0.25) is 0 Å². The average Bonchev–Trinajstić information content (AvgIpc) is 3.39. The Balaban J connectivity index is 1.23. The van der Waals surface area contributed by atoms with Crippen molar-refractivity contribution in [2.45, 2.75) is 50.9 Å². The minimum Gasteiger partial charge on any atom is -0.386 e. The Labute approximate surface area is 223 Å². The molecule has 1 aliphatic heterocycles. The van der Waals surface area contributed by atoms with Crippen LogP contribution in [0.5, 0.6) is 0 Å². The zero-order valence-corrected chi connectivity index (χ0v) is 21.6. The molecule has 2 heterocycles. The van der Waals surface area contributed by atoms with Crippen molar-refractivity contribution in [3.8, 4) is 11.3 Å². The van der Waals surface area contributed by atoms with Gasteiger partial charge in [0, 0.05) is 24.0 Å². The summed E-state index contributed by atoms with van der Waals surface area (Å²) in [7, 11) is 0. The van der Waals surface area contributed by atoms with E-state index in [1.165, 1.54) is 12.8 Å². The molecule has 0 radical (unpaired) electrons. The van der Waals surface area contributed by atoms with Crippen LogP contribution < -0.4 is 22.1 Å². The van der Waals surface area contributed by atoms with Gasteiger partial charge in [0.05, 0.1) is 23.8 Å². The molecule has 2 fully saturated rings. The van der Waals surface area contributed by atoms with Gasteiger partial charge in [-0.05, 0) is 48.6 Å². The van der Waals surface area contributed by atoms with Crippen LogP contribution in [0.25, 0.3) is 11.3 Å². The van der Waals surface area contributed by atoms with E-state index in [-0.39, 0.29) is 18.1 Å². The van der Waals surface area contributed by atoms with E-state index in [2.05, 4.69) is 56.8 Å². The van der Waals surface area contributed by atoms with E-state index in [1.54, 1.807) is 0 Å². The second kappa shape index (κ2) is 10.0. The molecule has 8 nitrogen and oxygen atoms in total. The number of nitrogens with zero attached hydrogens (tertiary/aromatic N) is 4. The van der Waals surface area contributed by atoms with E-state index in [0.29, 0.717) is 30.1 Å². The molecule has 1 spiro atoms. The van der Waals surface area contributed by atoms with Crippen molar-refractivity contribution in [2.24, 2.45) is 37.8 Å². The minimum absolute atomic E-state index is 0.0716. The van der Waals surface area contributed by atoms with Crippen molar-refractivity contribution in [1.82, 2.24) is 10.3 Å². The van der Waals surface area contributed by atoms with Crippen LogP contribution in [0, 0.1) is 11.3 Å². The first-order valence-corrected chi connectivity index (χ1v) is 13.4. The molecule has 2 unspecified atom stereocenters. The van der Waals surface area contributed by atoms with E-state index >= 15 is 0 Å². The zero-order chi connectivity index (χ0) is 26.1. The monoisotopic (exact) mass is 506 g/mol. The number of rotatable bonds is 7. The van der Waals surface area contributed by atoms with Crippen LogP contribution >= 0.6 is 0 Å². The second-order valence-electron chi connectivity index (χ2n) is 10.5. The standard InChI is InChI=1S/C30H34N8/c1-19-8-7-12-23(19)36-29-37-27(31)30(28(32)38-29)25(26(30)35-22-9-3-2-4-10-22)34-18-20-13-15-21(16-14-20)24-11-5-6-17-33-24/h2-6,9-11,13-17,19,23,25-26,34-35H,7-8,12,18H2,1H3,(H4,31,32,36,37,38)/t19-,23+,25?,26?/m0/s1. The lowest BCUT2D eigenvalue weighted by Gasteiger charge is -2.22. The predicted molar refractivity (Wildman–Crippen MR) is 154 cm³/mol.